The third kappa shape index (κ3) is 3.20. The number of rotatable bonds is 4. The SMILES string of the molecule is CC(C)Cc1cc(-c2cc3c4cccc5c6ccccc6n(c54)c3c3c2oc2ccccc23)ncc1[Si](C)(C)C. The Bertz CT molecular complexity index is 2260. The monoisotopic (exact) mass is 536 g/mol. The van der Waals surface area contributed by atoms with Gasteiger partial charge in [-0.2, -0.15) is 0 Å². The molecule has 0 saturated heterocycles. The number of furan rings is 1. The Morgan fingerprint density at radius 1 is 0.775 bits per heavy atom. The first-order chi connectivity index (χ1) is 19.3. The molecule has 8 aromatic rings. The summed E-state index contributed by atoms with van der Waals surface area (Å²) in [4.78, 5) is 5.13. The molecule has 0 N–H and O–H groups in total. The minimum Gasteiger partial charge on any atom is -0.455 e. The van der Waals surface area contributed by atoms with E-state index in [-0.39, 0.29) is 0 Å². The molecule has 0 aliphatic heterocycles. The van der Waals surface area contributed by atoms with E-state index in [1.807, 2.05) is 0 Å². The first-order valence-electron chi connectivity index (χ1n) is 14.3. The minimum atomic E-state index is -1.55. The van der Waals surface area contributed by atoms with Crippen molar-refractivity contribution in [3.63, 3.8) is 0 Å². The summed E-state index contributed by atoms with van der Waals surface area (Å²) >= 11 is 0. The maximum atomic E-state index is 6.72. The molecule has 0 bridgehead atoms. The highest BCUT2D eigenvalue weighted by atomic mass is 28.3. The van der Waals surface area contributed by atoms with E-state index in [0.717, 1.165) is 34.2 Å². The second kappa shape index (κ2) is 8.18. The third-order valence-corrected chi connectivity index (χ3v) is 10.6. The van der Waals surface area contributed by atoms with E-state index in [1.165, 1.54) is 54.2 Å². The van der Waals surface area contributed by atoms with Gasteiger partial charge in [-0.1, -0.05) is 88.1 Å². The molecule has 0 spiro atoms. The van der Waals surface area contributed by atoms with Gasteiger partial charge in [-0.25, -0.2) is 0 Å². The fourth-order valence-electron chi connectivity index (χ4n) is 6.91. The Balaban J connectivity index is 1.56. The number of para-hydroxylation sites is 3. The van der Waals surface area contributed by atoms with Crippen LogP contribution in [-0.4, -0.2) is 17.5 Å². The molecular weight excluding hydrogens is 504 g/mol. The lowest BCUT2D eigenvalue weighted by Gasteiger charge is -2.22. The highest BCUT2D eigenvalue weighted by molar-refractivity contribution is 6.89. The van der Waals surface area contributed by atoms with Gasteiger partial charge in [-0.05, 0) is 47.4 Å². The van der Waals surface area contributed by atoms with Crippen LogP contribution in [0.3, 0.4) is 0 Å². The molecule has 0 fully saturated rings. The highest BCUT2D eigenvalue weighted by Gasteiger charge is 2.26. The number of fused-ring (bicyclic) bond motifs is 10. The summed E-state index contributed by atoms with van der Waals surface area (Å²) in [7, 11) is -1.55. The van der Waals surface area contributed by atoms with Gasteiger partial charge in [0.2, 0.25) is 0 Å². The van der Waals surface area contributed by atoms with Crippen molar-refractivity contribution >= 4 is 73.3 Å². The fraction of sp³-hybridized carbons (Fsp3) is 0.194. The number of aromatic nitrogens is 2. The predicted molar refractivity (Wildman–Crippen MR) is 173 cm³/mol. The first-order valence-corrected chi connectivity index (χ1v) is 17.8. The average Bonchev–Trinajstić information content (AvgIpc) is 3.58. The van der Waals surface area contributed by atoms with Crippen LogP contribution in [0.25, 0.3) is 71.3 Å². The molecule has 0 aliphatic carbocycles. The Labute approximate surface area is 234 Å². The van der Waals surface area contributed by atoms with Crippen molar-refractivity contribution in [3.8, 4) is 11.3 Å². The maximum absolute atomic E-state index is 6.72. The van der Waals surface area contributed by atoms with E-state index in [0.29, 0.717) is 5.92 Å². The zero-order valence-electron chi connectivity index (χ0n) is 23.7. The average molecular weight is 537 g/mol. The first kappa shape index (κ1) is 23.7. The van der Waals surface area contributed by atoms with Crippen LogP contribution in [0, 0.1) is 5.92 Å². The summed E-state index contributed by atoms with van der Waals surface area (Å²) in [5.74, 6) is 0.577. The van der Waals surface area contributed by atoms with Crippen LogP contribution in [0.1, 0.15) is 19.4 Å². The van der Waals surface area contributed by atoms with Crippen LogP contribution in [0.15, 0.2) is 89.5 Å². The van der Waals surface area contributed by atoms with E-state index in [1.54, 1.807) is 0 Å². The summed E-state index contributed by atoms with van der Waals surface area (Å²) in [6.45, 7) is 11.9. The van der Waals surface area contributed by atoms with E-state index >= 15 is 0 Å². The molecular formula is C36H32N2OSi. The molecule has 40 heavy (non-hydrogen) atoms. The van der Waals surface area contributed by atoms with Gasteiger partial charge < -0.3 is 8.82 Å². The smallest absolute Gasteiger partial charge is 0.146 e. The van der Waals surface area contributed by atoms with Gasteiger partial charge in [0.05, 0.1) is 35.7 Å². The maximum Gasteiger partial charge on any atom is 0.146 e. The minimum absolute atomic E-state index is 0.577. The van der Waals surface area contributed by atoms with Gasteiger partial charge in [-0.3, -0.25) is 4.98 Å². The highest BCUT2D eigenvalue weighted by Crippen LogP contribution is 2.46. The number of benzene rings is 4. The van der Waals surface area contributed by atoms with Gasteiger partial charge in [0, 0.05) is 38.7 Å². The summed E-state index contributed by atoms with van der Waals surface area (Å²) < 4.78 is 9.19. The molecule has 4 heteroatoms. The van der Waals surface area contributed by atoms with Crippen LogP contribution < -0.4 is 5.19 Å². The number of hydrogen-bond acceptors (Lipinski definition) is 2. The summed E-state index contributed by atoms with van der Waals surface area (Å²) in [6, 6.07) is 28.6. The summed E-state index contributed by atoms with van der Waals surface area (Å²) in [5.41, 5.74) is 9.08. The molecule has 8 rings (SSSR count). The molecule has 0 saturated carbocycles. The van der Waals surface area contributed by atoms with Gasteiger partial charge >= 0.3 is 0 Å². The van der Waals surface area contributed by atoms with Crippen LogP contribution in [0.4, 0.5) is 0 Å². The molecule has 0 unspecified atom stereocenters. The largest absolute Gasteiger partial charge is 0.455 e. The third-order valence-electron chi connectivity index (χ3n) is 8.53. The predicted octanol–water partition coefficient (Wildman–Crippen LogP) is 9.54. The van der Waals surface area contributed by atoms with Crippen molar-refractivity contribution in [1.82, 2.24) is 9.38 Å². The quantitative estimate of drug-likeness (QED) is 0.210. The van der Waals surface area contributed by atoms with Crippen molar-refractivity contribution in [2.75, 3.05) is 0 Å². The second-order valence-corrected chi connectivity index (χ2v) is 17.8. The van der Waals surface area contributed by atoms with Crippen molar-refractivity contribution in [1.29, 1.82) is 0 Å². The Morgan fingerprint density at radius 3 is 2.25 bits per heavy atom. The normalized spacial score (nSPS) is 12.9. The van der Waals surface area contributed by atoms with E-state index in [2.05, 4.69) is 123 Å². The van der Waals surface area contributed by atoms with Gasteiger partial charge in [0.15, 0.2) is 0 Å². The van der Waals surface area contributed by atoms with Gasteiger partial charge in [0.25, 0.3) is 0 Å². The molecule has 3 nitrogen and oxygen atoms in total. The van der Waals surface area contributed by atoms with Crippen molar-refractivity contribution in [2.24, 2.45) is 5.92 Å². The standard InChI is InChI=1S/C36H32N2OSi/c1-21(2)17-22-18-29(37-20-32(22)40(3,4)5)28-19-27-25-14-10-13-24-23-11-6-8-15-30(23)38(34(24)25)35(27)33-26-12-7-9-16-31(26)39-36(28)33/h6-16,18-21H,17H2,1-5H3. The molecule has 4 aromatic carbocycles. The topological polar surface area (TPSA) is 30.4 Å². The number of nitrogens with zero attached hydrogens (tertiary/aromatic N) is 2. The lowest BCUT2D eigenvalue weighted by molar-refractivity contribution is 0.648. The molecule has 0 radical (unpaired) electrons. The number of pyridine rings is 1. The molecule has 0 atom stereocenters. The molecule has 196 valence electrons. The fourth-order valence-corrected chi connectivity index (χ4v) is 8.50. The molecule has 0 aliphatic rings. The molecule has 0 amide bonds. The number of hydrogen-bond donors (Lipinski definition) is 0. The lowest BCUT2D eigenvalue weighted by Crippen LogP contribution is -2.40. The van der Waals surface area contributed by atoms with Gasteiger partial charge in [-0.15, -0.1) is 0 Å². The van der Waals surface area contributed by atoms with E-state index < -0.39 is 8.07 Å². The second-order valence-electron chi connectivity index (χ2n) is 12.8. The van der Waals surface area contributed by atoms with Gasteiger partial charge in [0.1, 0.15) is 11.2 Å². The zero-order valence-corrected chi connectivity index (χ0v) is 24.7. The van der Waals surface area contributed by atoms with Crippen LogP contribution in [0.2, 0.25) is 19.6 Å². The van der Waals surface area contributed by atoms with Crippen molar-refractivity contribution in [3.05, 3.63) is 90.6 Å². The Morgan fingerprint density at radius 2 is 1.48 bits per heavy atom. The molecule has 4 heterocycles. The summed E-state index contributed by atoms with van der Waals surface area (Å²) in [6.07, 6.45) is 3.22. The zero-order chi connectivity index (χ0) is 27.3. The Hall–Kier alpha value is -4.15. The van der Waals surface area contributed by atoms with E-state index in [9.17, 15) is 0 Å². The van der Waals surface area contributed by atoms with Crippen molar-refractivity contribution in [2.45, 2.75) is 39.9 Å². The Kier molecular flexibility index (Phi) is 4.85. The molecule has 4 aromatic heterocycles. The van der Waals surface area contributed by atoms with Crippen LogP contribution >= 0.6 is 0 Å². The van der Waals surface area contributed by atoms with Crippen LogP contribution in [0.5, 0.6) is 0 Å². The summed E-state index contributed by atoms with van der Waals surface area (Å²) in [5, 5.41) is 8.89. The van der Waals surface area contributed by atoms with Crippen molar-refractivity contribution < 1.29 is 4.42 Å². The lowest BCUT2D eigenvalue weighted by atomic mass is 9.98. The van der Waals surface area contributed by atoms with E-state index in [4.69, 9.17) is 9.40 Å². The van der Waals surface area contributed by atoms with Crippen LogP contribution in [-0.2, 0) is 6.42 Å².